The summed E-state index contributed by atoms with van der Waals surface area (Å²) in [5, 5.41) is 8.52. The predicted octanol–water partition coefficient (Wildman–Crippen LogP) is 2.75. The molecule has 0 aliphatic carbocycles. The van der Waals surface area contributed by atoms with E-state index in [1.807, 2.05) is 35.9 Å². The molecule has 0 amide bonds. The highest BCUT2D eigenvalue weighted by atomic mass is 16.5. The van der Waals surface area contributed by atoms with Crippen LogP contribution in [0.5, 0.6) is 0 Å². The molecule has 1 aliphatic rings. The van der Waals surface area contributed by atoms with Crippen LogP contribution in [0.15, 0.2) is 36.4 Å². The van der Waals surface area contributed by atoms with Crippen LogP contribution < -0.4 is 0 Å². The molecule has 0 bridgehead atoms. The Morgan fingerprint density at radius 3 is 3.12 bits per heavy atom. The van der Waals surface area contributed by atoms with Crippen molar-refractivity contribution in [2.75, 3.05) is 13.2 Å². The first-order chi connectivity index (χ1) is 11.8. The van der Waals surface area contributed by atoms with Gasteiger partial charge in [0, 0.05) is 18.7 Å². The van der Waals surface area contributed by atoms with Crippen molar-refractivity contribution in [3.8, 4) is 0 Å². The van der Waals surface area contributed by atoms with E-state index in [-0.39, 0.29) is 5.97 Å². The number of rotatable bonds is 6. The van der Waals surface area contributed by atoms with E-state index in [1.54, 1.807) is 6.08 Å². The number of hydrogen-bond acceptors (Lipinski definition) is 5. The third-order valence-corrected chi connectivity index (χ3v) is 4.43. The number of hydrogen-bond donors (Lipinski definition) is 0. The predicted molar refractivity (Wildman–Crippen MR) is 92.3 cm³/mol. The van der Waals surface area contributed by atoms with Crippen molar-refractivity contribution >= 4 is 17.0 Å². The van der Waals surface area contributed by atoms with Crippen molar-refractivity contribution in [1.29, 1.82) is 0 Å². The smallest absolute Gasteiger partial charge is 0.330 e. The van der Waals surface area contributed by atoms with Crippen molar-refractivity contribution in [2.24, 2.45) is 0 Å². The van der Waals surface area contributed by atoms with Crippen molar-refractivity contribution in [1.82, 2.24) is 19.9 Å². The van der Waals surface area contributed by atoms with Gasteiger partial charge >= 0.3 is 5.97 Å². The molecule has 1 atom stereocenters. The Hall–Kier alpha value is -2.21. The summed E-state index contributed by atoms with van der Waals surface area (Å²) in [7, 11) is 0. The minimum absolute atomic E-state index is 0.262. The average molecular weight is 328 g/mol. The van der Waals surface area contributed by atoms with Crippen LogP contribution in [-0.4, -0.2) is 45.1 Å². The quantitative estimate of drug-likeness (QED) is 0.603. The summed E-state index contributed by atoms with van der Waals surface area (Å²) in [6.07, 6.45) is 7.89. The fourth-order valence-corrected chi connectivity index (χ4v) is 3.22. The molecule has 3 rings (SSSR count). The van der Waals surface area contributed by atoms with E-state index >= 15 is 0 Å². The van der Waals surface area contributed by atoms with Crippen molar-refractivity contribution in [3.05, 3.63) is 36.4 Å². The number of esters is 1. The monoisotopic (exact) mass is 328 g/mol. The van der Waals surface area contributed by atoms with Crippen LogP contribution in [0.2, 0.25) is 0 Å². The molecule has 1 saturated heterocycles. The van der Waals surface area contributed by atoms with E-state index in [0.717, 1.165) is 37.1 Å². The van der Waals surface area contributed by atoms with Crippen molar-refractivity contribution in [2.45, 2.75) is 45.3 Å². The van der Waals surface area contributed by atoms with Gasteiger partial charge in [-0.25, -0.2) is 9.48 Å². The lowest BCUT2D eigenvalue weighted by Crippen LogP contribution is -2.40. The number of carbonyl (C=O) groups excluding carboxylic acids is 1. The van der Waals surface area contributed by atoms with Crippen LogP contribution >= 0.6 is 0 Å². The number of nitrogens with zero attached hydrogens (tertiary/aromatic N) is 4. The summed E-state index contributed by atoms with van der Waals surface area (Å²) in [5.41, 5.74) is 1.98. The first kappa shape index (κ1) is 16.6. The second-order valence-electron chi connectivity index (χ2n) is 6.07. The highest BCUT2D eigenvalue weighted by molar-refractivity contribution is 5.81. The van der Waals surface area contributed by atoms with E-state index in [4.69, 9.17) is 4.74 Å². The molecule has 6 nitrogen and oxygen atoms in total. The highest BCUT2D eigenvalue weighted by Gasteiger charge is 2.22. The van der Waals surface area contributed by atoms with Gasteiger partial charge in [-0.3, -0.25) is 4.90 Å². The number of benzene rings is 1. The zero-order valence-corrected chi connectivity index (χ0v) is 14.1. The lowest BCUT2D eigenvalue weighted by molar-refractivity contribution is -0.137. The molecule has 0 N–H and O–H groups in total. The molecule has 0 spiro atoms. The van der Waals surface area contributed by atoms with Gasteiger partial charge in [-0.15, -0.1) is 5.10 Å². The molecule has 1 fully saturated rings. The summed E-state index contributed by atoms with van der Waals surface area (Å²) in [4.78, 5) is 13.9. The molecule has 2 heterocycles. The van der Waals surface area contributed by atoms with Crippen LogP contribution in [0.3, 0.4) is 0 Å². The Bertz CT molecular complexity index is 710. The van der Waals surface area contributed by atoms with Crippen LogP contribution in [0.25, 0.3) is 11.0 Å². The van der Waals surface area contributed by atoms with Crippen LogP contribution in [0.1, 0.15) is 32.6 Å². The van der Waals surface area contributed by atoms with Gasteiger partial charge in [-0.1, -0.05) is 29.8 Å². The maximum atomic E-state index is 11.4. The number of para-hydroxylation sites is 1. The van der Waals surface area contributed by atoms with Gasteiger partial charge < -0.3 is 4.74 Å². The van der Waals surface area contributed by atoms with E-state index in [1.165, 1.54) is 12.8 Å². The average Bonchev–Trinajstić information content (AvgIpc) is 3.00. The van der Waals surface area contributed by atoms with Crippen LogP contribution in [0.4, 0.5) is 0 Å². The molecule has 6 heteroatoms. The molecule has 0 radical (unpaired) electrons. The first-order valence-electron chi connectivity index (χ1n) is 8.63. The van der Waals surface area contributed by atoms with E-state index in [0.29, 0.717) is 12.6 Å². The second-order valence-corrected chi connectivity index (χ2v) is 6.07. The molecule has 1 aliphatic heterocycles. The van der Waals surface area contributed by atoms with E-state index in [2.05, 4.69) is 21.3 Å². The minimum atomic E-state index is -0.262. The molecule has 1 aromatic carbocycles. The molecule has 0 saturated carbocycles. The Kier molecular flexibility index (Phi) is 5.59. The number of aromatic nitrogens is 3. The van der Waals surface area contributed by atoms with Crippen LogP contribution in [-0.2, 0) is 16.2 Å². The normalized spacial score (nSPS) is 19.1. The molecule has 1 aromatic heterocycles. The summed E-state index contributed by atoms with van der Waals surface area (Å²) in [6, 6.07) is 8.44. The third kappa shape index (κ3) is 4.00. The third-order valence-electron chi connectivity index (χ3n) is 4.43. The maximum absolute atomic E-state index is 11.4. The number of likely N-dealkylation sites (tertiary alicyclic amines) is 1. The summed E-state index contributed by atoms with van der Waals surface area (Å²) >= 11 is 0. The summed E-state index contributed by atoms with van der Waals surface area (Å²) in [6.45, 7) is 4.01. The summed E-state index contributed by atoms with van der Waals surface area (Å²) < 4.78 is 6.89. The van der Waals surface area contributed by atoms with Crippen molar-refractivity contribution < 1.29 is 9.53 Å². The lowest BCUT2D eigenvalue weighted by Gasteiger charge is -2.34. The standard InChI is InChI=1S/C18H24N4O2/c1-2-24-18(23)12-7-9-15-8-5-6-13-21(15)14-22-17-11-4-3-10-16(17)19-20-22/h3-4,7,10-12,15H,2,5-6,8-9,13-14H2,1H3/b12-7+. The van der Waals surface area contributed by atoms with Gasteiger partial charge in [-0.05, 0) is 38.3 Å². The second kappa shape index (κ2) is 8.06. The van der Waals surface area contributed by atoms with Gasteiger partial charge in [-0.2, -0.15) is 0 Å². The Balaban J connectivity index is 1.65. The largest absolute Gasteiger partial charge is 0.463 e. The Morgan fingerprint density at radius 1 is 1.38 bits per heavy atom. The van der Waals surface area contributed by atoms with Gasteiger partial charge in [0.25, 0.3) is 0 Å². The van der Waals surface area contributed by atoms with Crippen molar-refractivity contribution in [3.63, 3.8) is 0 Å². The highest BCUT2D eigenvalue weighted by Crippen LogP contribution is 2.21. The SMILES string of the molecule is CCOC(=O)/C=C/CC1CCCCN1Cn1nnc2ccccc21. The van der Waals surface area contributed by atoms with Gasteiger partial charge in [0.05, 0.1) is 18.8 Å². The zero-order valence-electron chi connectivity index (χ0n) is 14.1. The zero-order chi connectivity index (χ0) is 16.8. The van der Waals surface area contributed by atoms with Gasteiger partial charge in [0.2, 0.25) is 0 Å². The van der Waals surface area contributed by atoms with E-state index in [9.17, 15) is 4.79 Å². The molecular weight excluding hydrogens is 304 g/mol. The van der Waals surface area contributed by atoms with Crippen LogP contribution in [0, 0.1) is 0 Å². The molecule has 24 heavy (non-hydrogen) atoms. The van der Waals surface area contributed by atoms with Gasteiger partial charge in [0.15, 0.2) is 0 Å². The lowest BCUT2D eigenvalue weighted by atomic mass is 10.00. The summed E-state index contributed by atoms with van der Waals surface area (Å²) in [5.74, 6) is -0.262. The first-order valence-corrected chi connectivity index (χ1v) is 8.63. The Labute approximate surface area is 142 Å². The maximum Gasteiger partial charge on any atom is 0.330 e. The number of ether oxygens (including phenoxy) is 1. The van der Waals surface area contributed by atoms with E-state index < -0.39 is 0 Å². The van der Waals surface area contributed by atoms with Gasteiger partial charge in [0.1, 0.15) is 5.52 Å². The molecular formula is C18H24N4O2. The number of fused-ring (bicyclic) bond motifs is 1. The fourth-order valence-electron chi connectivity index (χ4n) is 3.22. The fraction of sp³-hybridized carbons (Fsp3) is 0.500. The number of piperidine rings is 1. The number of carbonyl (C=O) groups is 1. The molecule has 128 valence electrons. The molecule has 1 unspecified atom stereocenters. The minimum Gasteiger partial charge on any atom is -0.463 e. The molecule has 2 aromatic rings. The topological polar surface area (TPSA) is 60.2 Å². The Morgan fingerprint density at radius 2 is 2.25 bits per heavy atom.